The van der Waals surface area contributed by atoms with Crippen LogP contribution in [0, 0.1) is 6.92 Å². The molecule has 13 aromatic rings. The zero-order valence-corrected chi connectivity index (χ0v) is 39.4. The largest absolute Gasteiger partial charge is 0.457 e. The van der Waals surface area contributed by atoms with Crippen LogP contribution in [0.15, 0.2) is 237 Å². The highest BCUT2D eigenvalue weighted by Crippen LogP contribution is 2.58. The zero-order chi connectivity index (χ0) is 47.4. The molecule has 10 aromatic carbocycles. The number of fused-ring (bicyclic) bond motifs is 15. The normalized spacial score (nSPS) is 12.7. The van der Waals surface area contributed by atoms with E-state index in [1.165, 1.54) is 88.5 Å². The number of rotatable bonds is 5. The maximum Gasteiger partial charge on any atom is 0.145 e. The third kappa shape index (κ3) is 5.98. The summed E-state index contributed by atoms with van der Waals surface area (Å²) in [5.41, 5.74) is 18.3. The van der Waals surface area contributed by atoms with E-state index in [2.05, 4.69) is 246 Å². The van der Waals surface area contributed by atoms with Gasteiger partial charge in [0.05, 0.1) is 33.8 Å². The Bertz CT molecular complexity index is 4370. The predicted octanol–water partition coefficient (Wildman–Crippen LogP) is 18.0. The van der Waals surface area contributed by atoms with Gasteiger partial charge >= 0.3 is 0 Å². The summed E-state index contributed by atoms with van der Waals surface area (Å²) in [5.74, 6) is 1.56. The lowest BCUT2D eigenvalue weighted by molar-refractivity contribution is 0.479. The van der Waals surface area contributed by atoms with E-state index < -0.39 is 0 Å². The summed E-state index contributed by atoms with van der Waals surface area (Å²) in [6.45, 7) is 2.78. The van der Waals surface area contributed by atoms with Crippen LogP contribution in [0.4, 0.5) is 22.7 Å². The Kier molecular flexibility index (Phi) is 8.87. The predicted molar refractivity (Wildman–Crippen MR) is 300 cm³/mol. The van der Waals surface area contributed by atoms with Gasteiger partial charge in [-0.15, -0.1) is 0 Å². The van der Waals surface area contributed by atoms with Crippen LogP contribution < -0.4 is 14.5 Å². The molecule has 0 amide bonds. The summed E-state index contributed by atoms with van der Waals surface area (Å²) in [5, 5.41) is 9.28. The monoisotopic (exact) mass is 920 g/mol. The van der Waals surface area contributed by atoms with Gasteiger partial charge in [-0.2, -0.15) is 0 Å². The smallest absolute Gasteiger partial charge is 0.145 e. The second kappa shape index (κ2) is 15.8. The highest BCUT2D eigenvalue weighted by atomic mass is 16.5. The molecule has 0 aliphatic carbocycles. The number of aromatic nitrogens is 2. The van der Waals surface area contributed by atoms with E-state index in [1.54, 1.807) is 0 Å². The summed E-state index contributed by atoms with van der Waals surface area (Å²) in [6.07, 6.45) is 1.91. The molecule has 0 saturated heterocycles. The van der Waals surface area contributed by atoms with Crippen molar-refractivity contribution in [2.24, 2.45) is 0 Å². The van der Waals surface area contributed by atoms with E-state index in [4.69, 9.17) is 9.72 Å². The Morgan fingerprint density at radius 3 is 1.62 bits per heavy atom. The second-order valence-electron chi connectivity index (χ2n) is 19.1. The molecule has 0 bridgehead atoms. The molecule has 0 radical (unpaired) electrons. The van der Waals surface area contributed by atoms with Gasteiger partial charge in [0, 0.05) is 62.1 Å². The number of aryl methyl sites for hydroxylation is 1. The molecule has 15 rings (SSSR count). The number of hydrogen-bond acceptors (Lipinski definition) is 4. The van der Waals surface area contributed by atoms with Crippen molar-refractivity contribution in [2.75, 3.05) is 16.5 Å². The summed E-state index contributed by atoms with van der Waals surface area (Å²) in [4.78, 5) is 10.2. The molecule has 0 fully saturated rings. The molecule has 2 aliphatic rings. The second-order valence-corrected chi connectivity index (χ2v) is 19.1. The Hall–Kier alpha value is -9.45. The molecule has 0 unspecified atom stereocenters. The molecule has 0 atom stereocenters. The lowest BCUT2D eigenvalue weighted by Gasteiger charge is -2.28. The lowest BCUT2D eigenvalue weighted by atomic mass is 9.92. The first kappa shape index (κ1) is 40.4. The maximum absolute atomic E-state index is 7.23. The standard InChI is InChI=1S/C67H44N4O/c1-42-38-59-53-27-13-11-25-51(53)56-32-16-34-60-66(56)70(41-69(60)64-46(43-18-4-2-5-19-43)28-14-29-47(64)44-20-6-3-7-21-44)61(59)40-63(42)72-45-35-36-54-57-31-15-30-55-50-24-10-8-22-48(50)49-23-9-12-26-52(49)58-33-17-37-68-67(58)71(65(55)57)62(54)39-45/h2-40H,41H2,1H3. The molecule has 0 saturated carbocycles. The molecule has 2 aliphatic heterocycles. The number of pyridine rings is 1. The number of para-hydroxylation sites is 3. The quantitative estimate of drug-likeness (QED) is 0.172. The van der Waals surface area contributed by atoms with Crippen LogP contribution in [0.2, 0.25) is 0 Å². The molecular formula is C67H44N4O. The Balaban J connectivity index is 0.938. The minimum atomic E-state index is 0.604. The molecule has 3 aromatic heterocycles. The average molecular weight is 921 g/mol. The van der Waals surface area contributed by atoms with E-state index in [0.717, 1.165) is 55.6 Å². The summed E-state index contributed by atoms with van der Waals surface area (Å²) in [7, 11) is 0. The average Bonchev–Trinajstić information content (AvgIpc) is 3.97. The number of anilines is 4. The van der Waals surface area contributed by atoms with Crippen molar-refractivity contribution in [3.05, 3.63) is 242 Å². The molecular weight excluding hydrogens is 877 g/mol. The Morgan fingerprint density at radius 1 is 0.389 bits per heavy atom. The molecule has 338 valence electrons. The number of ether oxygens (including phenoxy) is 1. The topological polar surface area (TPSA) is 33.0 Å². The minimum absolute atomic E-state index is 0.604. The first-order chi connectivity index (χ1) is 35.7. The van der Waals surface area contributed by atoms with Crippen LogP contribution in [-0.4, -0.2) is 16.1 Å². The van der Waals surface area contributed by atoms with Gasteiger partial charge in [-0.25, -0.2) is 4.98 Å². The SMILES string of the molecule is Cc1cc2c(cc1Oc1ccc3c4cccc5c6ccccc6c6ccccc6c6cccnc6n(c3c1)c54)N1CN(c3c(-c4ccccc4)cccc3-c3ccccc3)c3cccc(c31)-c1ccccc1-2. The Morgan fingerprint density at radius 2 is 0.917 bits per heavy atom. The number of nitrogens with zero attached hydrogens (tertiary/aromatic N) is 4. The molecule has 5 nitrogen and oxygen atoms in total. The highest BCUT2D eigenvalue weighted by Gasteiger charge is 2.37. The van der Waals surface area contributed by atoms with Crippen LogP contribution in [0.25, 0.3) is 104 Å². The van der Waals surface area contributed by atoms with E-state index in [1.807, 2.05) is 12.3 Å². The molecule has 0 spiro atoms. The van der Waals surface area contributed by atoms with Crippen LogP contribution in [0.5, 0.6) is 11.5 Å². The van der Waals surface area contributed by atoms with Gasteiger partial charge in [0.1, 0.15) is 23.8 Å². The van der Waals surface area contributed by atoms with Crippen molar-refractivity contribution in [3.8, 4) is 56.0 Å². The summed E-state index contributed by atoms with van der Waals surface area (Å²) < 4.78 is 9.60. The number of hydrogen-bond donors (Lipinski definition) is 0. The van der Waals surface area contributed by atoms with Crippen LogP contribution in [0.1, 0.15) is 5.56 Å². The molecule has 0 N–H and O–H groups in total. The summed E-state index contributed by atoms with van der Waals surface area (Å²) >= 11 is 0. The van der Waals surface area contributed by atoms with Crippen molar-refractivity contribution in [1.29, 1.82) is 0 Å². The van der Waals surface area contributed by atoms with Crippen molar-refractivity contribution in [2.45, 2.75) is 6.92 Å². The van der Waals surface area contributed by atoms with Crippen molar-refractivity contribution in [3.63, 3.8) is 0 Å². The third-order valence-electron chi connectivity index (χ3n) is 15.1. The molecule has 72 heavy (non-hydrogen) atoms. The van der Waals surface area contributed by atoms with Gasteiger partial charge in [0.2, 0.25) is 0 Å². The van der Waals surface area contributed by atoms with Gasteiger partial charge < -0.3 is 14.5 Å². The van der Waals surface area contributed by atoms with Crippen LogP contribution in [0.3, 0.4) is 0 Å². The van der Waals surface area contributed by atoms with Crippen LogP contribution >= 0.6 is 0 Å². The highest BCUT2D eigenvalue weighted by molar-refractivity contribution is 6.25. The van der Waals surface area contributed by atoms with Crippen molar-refractivity contribution >= 4 is 82.5 Å². The van der Waals surface area contributed by atoms with Gasteiger partial charge in [0.15, 0.2) is 0 Å². The van der Waals surface area contributed by atoms with Crippen molar-refractivity contribution in [1.82, 2.24) is 9.38 Å². The fourth-order valence-corrected chi connectivity index (χ4v) is 12.0. The van der Waals surface area contributed by atoms with Gasteiger partial charge in [-0.05, 0) is 92.7 Å². The first-order valence-corrected chi connectivity index (χ1v) is 24.7. The summed E-state index contributed by atoms with van der Waals surface area (Å²) in [6, 6.07) is 83.7. The van der Waals surface area contributed by atoms with E-state index in [0.29, 0.717) is 6.67 Å². The fourth-order valence-electron chi connectivity index (χ4n) is 12.0. The molecule has 5 heteroatoms. The molecule has 5 heterocycles. The van der Waals surface area contributed by atoms with E-state index in [-0.39, 0.29) is 0 Å². The third-order valence-corrected chi connectivity index (χ3v) is 15.1. The lowest BCUT2D eigenvalue weighted by Crippen LogP contribution is -2.25. The maximum atomic E-state index is 7.23. The fraction of sp³-hybridized carbons (Fsp3) is 0.0299. The van der Waals surface area contributed by atoms with Gasteiger partial charge in [-0.3, -0.25) is 4.40 Å². The van der Waals surface area contributed by atoms with E-state index in [9.17, 15) is 0 Å². The van der Waals surface area contributed by atoms with E-state index >= 15 is 0 Å². The zero-order valence-electron chi connectivity index (χ0n) is 39.4. The minimum Gasteiger partial charge on any atom is -0.457 e. The van der Waals surface area contributed by atoms with Crippen LogP contribution in [-0.2, 0) is 0 Å². The van der Waals surface area contributed by atoms with Crippen molar-refractivity contribution < 1.29 is 4.74 Å². The first-order valence-electron chi connectivity index (χ1n) is 24.7. The number of benzene rings is 10. The van der Waals surface area contributed by atoms with Gasteiger partial charge in [-0.1, -0.05) is 182 Å². The van der Waals surface area contributed by atoms with Gasteiger partial charge in [0.25, 0.3) is 0 Å². The Labute approximate surface area is 416 Å².